The van der Waals surface area contributed by atoms with Gasteiger partial charge in [0.05, 0.1) is 19.3 Å². The summed E-state index contributed by atoms with van der Waals surface area (Å²) in [5.74, 6) is 0.160. The molecule has 0 aliphatic carbocycles. The van der Waals surface area contributed by atoms with Crippen molar-refractivity contribution in [3.63, 3.8) is 0 Å². The number of aromatic nitrogens is 2. The Morgan fingerprint density at radius 2 is 1.72 bits per heavy atom. The molecule has 0 saturated carbocycles. The van der Waals surface area contributed by atoms with E-state index in [2.05, 4.69) is 5.32 Å². The number of benzene rings is 3. The second-order valence-corrected chi connectivity index (χ2v) is 9.13. The van der Waals surface area contributed by atoms with Gasteiger partial charge in [0.1, 0.15) is 17.0 Å². The molecule has 0 fully saturated rings. The van der Waals surface area contributed by atoms with E-state index in [-0.39, 0.29) is 24.9 Å². The van der Waals surface area contributed by atoms with E-state index in [1.54, 1.807) is 29.7 Å². The van der Waals surface area contributed by atoms with Gasteiger partial charge in [-0.1, -0.05) is 66.7 Å². The van der Waals surface area contributed by atoms with Gasteiger partial charge < -0.3 is 10.1 Å². The maximum Gasteiger partial charge on any atom is 0.277 e. The number of nitrogens with one attached hydrogen (secondary N) is 1. The lowest BCUT2D eigenvalue weighted by molar-refractivity contribution is -0.126. The molecule has 182 valence electrons. The van der Waals surface area contributed by atoms with Crippen molar-refractivity contribution >= 4 is 17.5 Å². The zero-order valence-electron chi connectivity index (χ0n) is 20.6. The van der Waals surface area contributed by atoms with Crippen LogP contribution in [0.25, 0.3) is 11.3 Å². The molecule has 2 heterocycles. The first-order valence-electron chi connectivity index (χ1n) is 11.9. The minimum absolute atomic E-state index is 0.215. The van der Waals surface area contributed by atoms with Crippen LogP contribution in [0.4, 0.5) is 5.69 Å². The van der Waals surface area contributed by atoms with Gasteiger partial charge in [0, 0.05) is 23.4 Å². The highest BCUT2D eigenvalue weighted by Gasteiger charge is 2.49. The highest BCUT2D eigenvalue weighted by molar-refractivity contribution is 6.12. The van der Waals surface area contributed by atoms with E-state index in [0.29, 0.717) is 22.8 Å². The fourth-order valence-electron chi connectivity index (χ4n) is 4.74. The number of methoxy groups -OCH3 is 1. The molecule has 1 aliphatic heterocycles. The fraction of sp³-hybridized carbons (Fsp3) is 0.207. The number of carbonyl (C=O) groups is 2. The first-order valence-corrected chi connectivity index (χ1v) is 11.9. The van der Waals surface area contributed by atoms with E-state index in [1.807, 2.05) is 85.8 Å². The zero-order chi connectivity index (χ0) is 25.3. The number of fused-ring (bicyclic) bond motifs is 1. The Hall–Kier alpha value is -4.39. The Labute approximate surface area is 210 Å². The number of hydrogen-bond donors (Lipinski definition) is 1. The van der Waals surface area contributed by atoms with Gasteiger partial charge in [0.15, 0.2) is 0 Å². The van der Waals surface area contributed by atoms with E-state index < -0.39 is 5.54 Å². The summed E-state index contributed by atoms with van der Waals surface area (Å²) >= 11 is 0. The summed E-state index contributed by atoms with van der Waals surface area (Å²) in [4.78, 5) is 29.4. The molecule has 0 saturated heterocycles. The van der Waals surface area contributed by atoms with Gasteiger partial charge in [-0.15, -0.1) is 0 Å². The first kappa shape index (κ1) is 23.4. The van der Waals surface area contributed by atoms with Crippen LogP contribution >= 0.6 is 0 Å². The average Bonchev–Trinajstić information content (AvgIpc) is 3.33. The number of rotatable bonds is 6. The summed E-state index contributed by atoms with van der Waals surface area (Å²) in [5, 5.41) is 7.75. The van der Waals surface area contributed by atoms with Gasteiger partial charge in [-0.25, -0.2) is 0 Å². The maximum atomic E-state index is 14.0. The summed E-state index contributed by atoms with van der Waals surface area (Å²) < 4.78 is 7.09. The monoisotopic (exact) mass is 480 g/mol. The topological polar surface area (TPSA) is 76.5 Å². The molecule has 3 aromatic carbocycles. The number of para-hydroxylation sites is 2. The van der Waals surface area contributed by atoms with Crippen molar-refractivity contribution in [1.29, 1.82) is 0 Å². The van der Waals surface area contributed by atoms with Crippen LogP contribution in [0, 0.1) is 6.92 Å². The smallest absolute Gasteiger partial charge is 0.277 e. The van der Waals surface area contributed by atoms with E-state index in [9.17, 15) is 9.59 Å². The van der Waals surface area contributed by atoms with E-state index in [1.165, 1.54) is 0 Å². The molecule has 0 spiro atoms. The summed E-state index contributed by atoms with van der Waals surface area (Å²) in [6, 6.07) is 26.7. The predicted octanol–water partition coefficient (Wildman–Crippen LogP) is 4.60. The van der Waals surface area contributed by atoms with Crippen LogP contribution in [0.1, 0.15) is 28.5 Å². The number of carbonyl (C=O) groups excluding carboxylic acids is 2. The van der Waals surface area contributed by atoms with Crippen molar-refractivity contribution < 1.29 is 14.3 Å². The largest absolute Gasteiger partial charge is 0.496 e. The van der Waals surface area contributed by atoms with Crippen LogP contribution in [-0.4, -0.2) is 34.2 Å². The molecule has 5 rings (SSSR count). The number of aryl methyl sites for hydroxylation is 1. The van der Waals surface area contributed by atoms with Crippen LogP contribution in [0.15, 0.2) is 84.9 Å². The Morgan fingerprint density at radius 3 is 2.47 bits per heavy atom. The van der Waals surface area contributed by atoms with Crippen molar-refractivity contribution in [1.82, 2.24) is 15.1 Å². The van der Waals surface area contributed by atoms with E-state index in [0.717, 1.165) is 16.7 Å². The van der Waals surface area contributed by atoms with Crippen LogP contribution in [0.5, 0.6) is 5.75 Å². The van der Waals surface area contributed by atoms with Crippen molar-refractivity contribution in [2.75, 3.05) is 12.0 Å². The third-order valence-electron chi connectivity index (χ3n) is 6.70. The highest BCUT2D eigenvalue weighted by Crippen LogP contribution is 2.35. The molecular formula is C29H28N4O3. The molecule has 7 heteroatoms. The molecule has 36 heavy (non-hydrogen) atoms. The number of hydrogen-bond acceptors (Lipinski definition) is 4. The number of nitrogens with zero attached hydrogens (tertiary/aromatic N) is 3. The Kier molecular flexibility index (Phi) is 6.06. The molecule has 7 nitrogen and oxygen atoms in total. The molecule has 0 unspecified atom stereocenters. The molecule has 1 aliphatic rings. The zero-order valence-corrected chi connectivity index (χ0v) is 20.6. The normalized spacial score (nSPS) is 17.0. The minimum atomic E-state index is -1.21. The second kappa shape index (κ2) is 9.34. The fourth-order valence-corrected chi connectivity index (χ4v) is 4.74. The third-order valence-corrected chi connectivity index (χ3v) is 6.70. The van der Waals surface area contributed by atoms with Gasteiger partial charge >= 0.3 is 0 Å². The molecular weight excluding hydrogens is 452 g/mol. The quantitative estimate of drug-likeness (QED) is 0.438. The SMILES string of the molecule is COc1ccccc1CNC(=O)[C@@]1(C)Cn2nc(-c3ccccc3)cc2C(=O)N1c1ccccc1C. The number of amides is 2. The summed E-state index contributed by atoms with van der Waals surface area (Å²) in [6.07, 6.45) is 0. The average molecular weight is 481 g/mol. The standard InChI is InChI=1S/C29H28N4O3/c1-20-11-7-9-15-24(20)33-27(34)25-17-23(21-12-5-4-6-13-21)31-32(25)19-29(33,2)28(35)30-18-22-14-8-10-16-26(22)36-3/h4-17H,18-19H2,1-3H3,(H,30,35)/t29-/m1/s1. The molecule has 1 N–H and O–H groups in total. The van der Waals surface area contributed by atoms with Crippen LogP contribution in [0.3, 0.4) is 0 Å². The van der Waals surface area contributed by atoms with Crippen molar-refractivity contribution in [3.8, 4) is 17.0 Å². The molecule has 0 bridgehead atoms. The van der Waals surface area contributed by atoms with Crippen molar-refractivity contribution in [3.05, 3.63) is 102 Å². The number of ether oxygens (including phenoxy) is 1. The van der Waals surface area contributed by atoms with Gasteiger partial charge in [0.2, 0.25) is 5.91 Å². The Balaban J connectivity index is 1.55. The Morgan fingerprint density at radius 1 is 1.03 bits per heavy atom. The predicted molar refractivity (Wildman–Crippen MR) is 139 cm³/mol. The van der Waals surface area contributed by atoms with E-state index in [4.69, 9.17) is 9.84 Å². The third kappa shape index (κ3) is 4.02. The second-order valence-electron chi connectivity index (χ2n) is 9.13. The molecule has 2 amide bonds. The Bertz CT molecular complexity index is 1430. The maximum absolute atomic E-state index is 14.0. The molecule has 1 atom stereocenters. The van der Waals surface area contributed by atoms with E-state index >= 15 is 0 Å². The van der Waals surface area contributed by atoms with Crippen LogP contribution in [0.2, 0.25) is 0 Å². The molecule has 0 radical (unpaired) electrons. The van der Waals surface area contributed by atoms with Crippen LogP contribution in [-0.2, 0) is 17.9 Å². The lowest BCUT2D eigenvalue weighted by Gasteiger charge is -2.43. The van der Waals surface area contributed by atoms with Crippen LogP contribution < -0.4 is 15.0 Å². The summed E-state index contributed by atoms with van der Waals surface area (Å²) in [6.45, 7) is 4.22. The van der Waals surface area contributed by atoms with Crippen molar-refractivity contribution in [2.45, 2.75) is 32.5 Å². The molecule has 4 aromatic rings. The summed E-state index contributed by atoms with van der Waals surface area (Å²) in [5.41, 5.74) is 3.31. The minimum Gasteiger partial charge on any atom is -0.496 e. The molecule has 1 aromatic heterocycles. The first-order chi connectivity index (χ1) is 17.4. The lowest BCUT2D eigenvalue weighted by atomic mass is 9.93. The van der Waals surface area contributed by atoms with Gasteiger partial charge in [-0.2, -0.15) is 5.10 Å². The van der Waals surface area contributed by atoms with Gasteiger partial charge in [0.25, 0.3) is 5.91 Å². The van der Waals surface area contributed by atoms with Gasteiger partial charge in [-0.3, -0.25) is 19.2 Å². The van der Waals surface area contributed by atoms with Crippen molar-refractivity contribution in [2.24, 2.45) is 0 Å². The lowest BCUT2D eigenvalue weighted by Crippen LogP contribution is -2.64. The summed E-state index contributed by atoms with van der Waals surface area (Å²) in [7, 11) is 1.60. The van der Waals surface area contributed by atoms with Gasteiger partial charge in [-0.05, 0) is 37.6 Å². The highest BCUT2D eigenvalue weighted by atomic mass is 16.5. The number of anilines is 1.